The van der Waals surface area contributed by atoms with Crippen LogP contribution in [0, 0.1) is 5.92 Å². The number of nitrogens with zero attached hydrogens (tertiary/aromatic N) is 1. The lowest BCUT2D eigenvalue weighted by Gasteiger charge is -2.24. The number of hydrogen-bond donors (Lipinski definition) is 1. The van der Waals surface area contributed by atoms with Crippen molar-refractivity contribution < 1.29 is 0 Å². The van der Waals surface area contributed by atoms with E-state index in [9.17, 15) is 0 Å². The Morgan fingerprint density at radius 2 is 2.21 bits per heavy atom. The number of hydrogen-bond acceptors (Lipinski definition) is 2. The summed E-state index contributed by atoms with van der Waals surface area (Å²) in [5.74, 6) is 0.861. The van der Waals surface area contributed by atoms with Gasteiger partial charge >= 0.3 is 0 Å². The molecular weight excluding hydrogens is 256 g/mol. The summed E-state index contributed by atoms with van der Waals surface area (Å²) in [4.78, 5) is 2.68. The molecule has 1 fully saturated rings. The Balaban J connectivity index is 0.00000133. The Morgan fingerprint density at radius 1 is 1.37 bits per heavy atom. The van der Waals surface area contributed by atoms with Gasteiger partial charge in [-0.05, 0) is 36.3 Å². The quantitative estimate of drug-likeness (QED) is 0.908. The van der Waals surface area contributed by atoms with Crippen LogP contribution in [0.2, 0.25) is 0 Å². The number of benzene rings is 1. The summed E-state index contributed by atoms with van der Waals surface area (Å²) >= 11 is 0. The maximum atomic E-state index is 3.56. The van der Waals surface area contributed by atoms with Crippen molar-refractivity contribution in [1.82, 2.24) is 4.90 Å². The molecule has 3 rings (SSSR count). The number of rotatable bonds is 3. The fraction of sp³-hybridized carbons (Fsp3) is 0.625. The zero-order chi connectivity index (χ0) is 12.5. The predicted octanol–water partition coefficient (Wildman–Crippen LogP) is 3.70. The number of nitrogens with one attached hydrogen (secondary N) is 1. The largest absolute Gasteiger partial charge is 0.384 e. The normalized spacial score (nSPS) is 25.8. The van der Waals surface area contributed by atoms with E-state index in [1.165, 1.54) is 42.6 Å². The van der Waals surface area contributed by atoms with Crippen molar-refractivity contribution in [2.24, 2.45) is 5.92 Å². The van der Waals surface area contributed by atoms with Crippen molar-refractivity contribution >= 4 is 18.1 Å². The lowest BCUT2D eigenvalue weighted by atomic mass is 10.1. The minimum atomic E-state index is 0. The molecule has 1 aromatic rings. The van der Waals surface area contributed by atoms with Crippen LogP contribution in [-0.4, -0.2) is 24.0 Å². The molecule has 0 amide bonds. The number of likely N-dealkylation sites (tertiary alicyclic amines) is 1. The Bertz CT molecular complexity index is 433. The standard InChI is InChI=1S/C16H24N2.ClH/c1-3-15-9-12(2)10-18(15)11-14-6-4-5-13-7-8-17-16(13)14;/h4-6,12,15,17H,3,7-11H2,1-2H3;1H. The second-order valence-electron chi connectivity index (χ2n) is 5.96. The zero-order valence-electron chi connectivity index (χ0n) is 12.0. The van der Waals surface area contributed by atoms with Gasteiger partial charge in [-0.1, -0.05) is 32.0 Å². The van der Waals surface area contributed by atoms with E-state index in [-0.39, 0.29) is 12.4 Å². The third kappa shape index (κ3) is 2.90. The Labute approximate surface area is 123 Å². The molecule has 2 aliphatic heterocycles. The smallest absolute Gasteiger partial charge is 0.0419 e. The minimum absolute atomic E-state index is 0. The van der Waals surface area contributed by atoms with Gasteiger partial charge in [0, 0.05) is 31.4 Å². The molecule has 106 valence electrons. The van der Waals surface area contributed by atoms with E-state index < -0.39 is 0 Å². The number of anilines is 1. The zero-order valence-corrected chi connectivity index (χ0v) is 12.8. The van der Waals surface area contributed by atoms with Crippen LogP contribution in [-0.2, 0) is 13.0 Å². The van der Waals surface area contributed by atoms with Crippen molar-refractivity contribution in [1.29, 1.82) is 0 Å². The molecule has 1 aromatic carbocycles. The fourth-order valence-electron chi connectivity index (χ4n) is 3.62. The van der Waals surface area contributed by atoms with E-state index in [0.717, 1.165) is 25.0 Å². The summed E-state index contributed by atoms with van der Waals surface area (Å²) in [6, 6.07) is 7.58. The van der Waals surface area contributed by atoms with Gasteiger partial charge in [0.15, 0.2) is 0 Å². The summed E-state index contributed by atoms with van der Waals surface area (Å²) in [6.45, 7) is 8.21. The van der Waals surface area contributed by atoms with Crippen LogP contribution in [0.15, 0.2) is 18.2 Å². The molecular formula is C16H25ClN2. The molecule has 19 heavy (non-hydrogen) atoms. The van der Waals surface area contributed by atoms with Crippen molar-refractivity contribution in [3.63, 3.8) is 0 Å². The molecule has 2 heterocycles. The molecule has 2 unspecified atom stereocenters. The van der Waals surface area contributed by atoms with Gasteiger partial charge in [-0.25, -0.2) is 0 Å². The van der Waals surface area contributed by atoms with Gasteiger partial charge in [-0.2, -0.15) is 0 Å². The summed E-state index contributed by atoms with van der Waals surface area (Å²) in [6.07, 6.45) is 3.85. The SMILES string of the molecule is CCC1CC(C)CN1Cc1cccc2c1NCC2.Cl. The highest BCUT2D eigenvalue weighted by molar-refractivity contribution is 5.85. The van der Waals surface area contributed by atoms with Crippen molar-refractivity contribution in [2.45, 2.75) is 45.7 Å². The molecule has 1 N–H and O–H groups in total. The second-order valence-corrected chi connectivity index (χ2v) is 5.96. The highest BCUT2D eigenvalue weighted by Crippen LogP contribution is 2.31. The third-order valence-corrected chi connectivity index (χ3v) is 4.51. The third-order valence-electron chi connectivity index (χ3n) is 4.51. The van der Waals surface area contributed by atoms with Crippen LogP contribution < -0.4 is 5.32 Å². The summed E-state index contributed by atoms with van der Waals surface area (Å²) < 4.78 is 0. The summed E-state index contributed by atoms with van der Waals surface area (Å²) in [7, 11) is 0. The number of fused-ring (bicyclic) bond motifs is 1. The molecule has 0 aromatic heterocycles. The lowest BCUT2D eigenvalue weighted by Crippen LogP contribution is -2.28. The number of halogens is 1. The molecule has 0 radical (unpaired) electrons. The van der Waals surface area contributed by atoms with Gasteiger partial charge in [-0.15, -0.1) is 12.4 Å². The second kappa shape index (κ2) is 6.15. The van der Waals surface area contributed by atoms with E-state index in [4.69, 9.17) is 0 Å². The molecule has 0 spiro atoms. The molecule has 2 atom stereocenters. The van der Waals surface area contributed by atoms with E-state index in [2.05, 4.69) is 42.3 Å². The van der Waals surface area contributed by atoms with Crippen LogP contribution in [0.1, 0.15) is 37.8 Å². The van der Waals surface area contributed by atoms with Crippen LogP contribution >= 0.6 is 12.4 Å². The molecule has 0 bridgehead atoms. The predicted molar refractivity (Wildman–Crippen MR) is 84.2 cm³/mol. The monoisotopic (exact) mass is 280 g/mol. The Morgan fingerprint density at radius 3 is 3.00 bits per heavy atom. The highest BCUT2D eigenvalue weighted by Gasteiger charge is 2.28. The first-order valence-electron chi connectivity index (χ1n) is 7.36. The van der Waals surface area contributed by atoms with E-state index in [1.807, 2.05) is 0 Å². The molecule has 1 saturated heterocycles. The average Bonchev–Trinajstić information content (AvgIpc) is 2.96. The molecule has 2 aliphatic rings. The highest BCUT2D eigenvalue weighted by atomic mass is 35.5. The van der Waals surface area contributed by atoms with Crippen molar-refractivity contribution in [3.8, 4) is 0 Å². The fourth-order valence-corrected chi connectivity index (χ4v) is 3.62. The minimum Gasteiger partial charge on any atom is -0.384 e. The van der Waals surface area contributed by atoms with E-state index in [0.29, 0.717) is 0 Å². The van der Waals surface area contributed by atoms with Crippen LogP contribution in [0.5, 0.6) is 0 Å². The Hall–Kier alpha value is -0.730. The molecule has 3 heteroatoms. The van der Waals surface area contributed by atoms with Crippen molar-refractivity contribution in [2.75, 3.05) is 18.4 Å². The van der Waals surface area contributed by atoms with Crippen LogP contribution in [0.4, 0.5) is 5.69 Å². The maximum absolute atomic E-state index is 3.56. The van der Waals surface area contributed by atoms with Gasteiger partial charge in [0.25, 0.3) is 0 Å². The van der Waals surface area contributed by atoms with Gasteiger partial charge in [0.1, 0.15) is 0 Å². The summed E-state index contributed by atoms with van der Waals surface area (Å²) in [5, 5.41) is 3.56. The lowest BCUT2D eigenvalue weighted by molar-refractivity contribution is 0.238. The topological polar surface area (TPSA) is 15.3 Å². The van der Waals surface area contributed by atoms with Crippen LogP contribution in [0.3, 0.4) is 0 Å². The first-order chi connectivity index (χ1) is 8.78. The van der Waals surface area contributed by atoms with Gasteiger partial charge in [0.2, 0.25) is 0 Å². The molecule has 0 saturated carbocycles. The Kier molecular flexibility index (Phi) is 4.75. The van der Waals surface area contributed by atoms with E-state index in [1.54, 1.807) is 0 Å². The van der Waals surface area contributed by atoms with Gasteiger partial charge in [-0.3, -0.25) is 4.90 Å². The van der Waals surface area contributed by atoms with Gasteiger partial charge in [0.05, 0.1) is 0 Å². The van der Waals surface area contributed by atoms with Crippen molar-refractivity contribution in [3.05, 3.63) is 29.3 Å². The average molecular weight is 281 g/mol. The van der Waals surface area contributed by atoms with Crippen LogP contribution in [0.25, 0.3) is 0 Å². The van der Waals surface area contributed by atoms with E-state index >= 15 is 0 Å². The molecule has 0 aliphatic carbocycles. The first kappa shape index (κ1) is 14.7. The first-order valence-corrected chi connectivity index (χ1v) is 7.36. The molecule has 2 nitrogen and oxygen atoms in total. The maximum Gasteiger partial charge on any atom is 0.0419 e. The van der Waals surface area contributed by atoms with Gasteiger partial charge < -0.3 is 5.32 Å². The summed E-state index contributed by atoms with van der Waals surface area (Å²) in [5.41, 5.74) is 4.43. The number of para-hydroxylation sites is 1.